The predicted molar refractivity (Wildman–Crippen MR) is 125 cm³/mol. The van der Waals surface area contributed by atoms with Gasteiger partial charge in [0.25, 0.3) is 0 Å². The van der Waals surface area contributed by atoms with Crippen molar-refractivity contribution in [3.8, 4) is 0 Å². The lowest BCUT2D eigenvalue weighted by Gasteiger charge is -2.22. The molecule has 0 heterocycles. The molecule has 0 spiro atoms. The van der Waals surface area contributed by atoms with Crippen molar-refractivity contribution >= 4 is 12.2 Å². The molecule has 0 aliphatic carbocycles. The van der Waals surface area contributed by atoms with Crippen LogP contribution in [0.2, 0.25) is 0 Å². The van der Waals surface area contributed by atoms with Crippen LogP contribution >= 0.6 is 0 Å². The zero-order chi connectivity index (χ0) is 23.4. The highest BCUT2D eigenvalue weighted by atomic mass is 16.1. The van der Waals surface area contributed by atoms with E-state index in [0.29, 0.717) is 19.3 Å². The van der Waals surface area contributed by atoms with Gasteiger partial charge in [0, 0.05) is 13.3 Å². The lowest BCUT2D eigenvalue weighted by Crippen LogP contribution is -2.21. The molecule has 4 nitrogen and oxygen atoms in total. The fraction of sp³-hybridized carbons (Fsp3) is 0.227. The van der Waals surface area contributed by atoms with Gasteiger partial charge in [-0.25, -0.2) is 0 Å². The molecule has 0 bridgehead atoms. The van der Waals surface area contributed by atoms with E-state index >= 15 is 0 Å². The molecule has 0 aromatic rings. The van der Waals surface area contributed by atoms with Gasteiger partial charge < -0.3 is 15.8 Å². The van der Waals surface area contributed by atoms with E-state index in [1.54, 1.807) is 0 Å². The van der Waals surface area contributed by atoms with Gasteiger partial charge in [0.05, 0.1) is 13.3 Å². The molecule has 0 radical (unpaired) electrons. The quantitative estimate of drug-likeness (QED) is 0.362. The number of nitrogens with zero attached hydrogens (tertiary/aromatic N) is 1. The van der Waals surface area contributed by atoms with Crippen LogP contribution in [0, 0.1) is 20.8 Å². The van der Waals surface area contributed by atoms with E-state index < -0.39 is 11.9 Å². The van der Waals surface area contributed by atoms with Gasteiger partial charge in [-0.3, -0.25) is 11.7 Å². The lowest BCUT2D eigenvalue weighted by atomic mass is 10.2. The molecule has 0 unspecified atom stereocenters. The van der Waals surface area contributed by atoms with Crippen LogP contribution in [-0.2, 0) is 9.59 Å². The summed E-state index contributed by atoms with van der Waals surface area (Å²) in [5.41, 5.74) is 4.87. The van der Waals surface area contributed by atoms with Gasteiger partial charge in [0.2, 0.25) is 5.91 Å². The standard InChI is InChI=1S/C7H12N2O2.C3H6.6C2H4/c1-2-3-9-6(5-10)4-7(8)11;1-3-2;6*1-2/h5-6H,1-4H2,(H2,8,11);1-3H2;6*1-2H2/t6-;;;;;;;/m1......./s1. The number of hydrogen-bond donors (Lipinski definition) is 1. The molecule has 0 aromatic carbocycles. The minimum absolute atomic E-state index is 0.00347. The van der Waals surface area contributed by atoms with E-state index in [1.165, 1.54) is 0 Å². The van der Waals surface area contributed by atoms with E-state index in [4.69, 9.17) is 5.73 Å². The van der Waals surface area contributed by atoms with Gasteiger partial charge in [0.15, 0.2) is 0 Å². The Balaban J connectivity index is -0.0000000301. The monoisotopic (exact) mass is 366 g/mol. The average Bonchev–Trinajstić information content (AvgIpc) is 2.74. The van der Waals surface area contributed by atoms with Crippen molar-refractivity contribution in [3.63, 3.8) is 0 Å². The maximum Gasteiger partial charge on any atom is 0.216 e. The first-order valence-corrected chi connectivity index (χ1v) is 7.40. The SMILES string of the molecule is C=C.C=C.C=C.C=C.C=C.C=C.[CH2+]CC[N-][C@@H](C=O)CC(N)=O.[CH2+]C[CH2-]. The van der Waals surface area contributed by atoms with Gasteiger partial charge in [0.1, 0.15) is 6.29 Å². The van der Waals surface area contributed by atoms with E-state index in [1.807, 2.05) is 0 Å². The normalized spacial score (nSPS) is 6.81. The van der Waals surface area contributed by atoms with Crippen LogP contribution in [0.3, 0.4) is 0 Å². The second-order valence-electron chi connectivity index (χ2n) is 2.49. The Morgan fingerprint density at radius 1 is 0.923 bits per heavy atom. The molecule has 0 saturated heterocycles. The van der Waals surface area contributed by atoms with Crippen LogP contribution in [0.5, 0.6) is 0 Å². The zero-order valence-electron chi connectivity index (χ0n) is 16.9. The summed E-state index contributed by atoms with van der Waals surface area (Å²) < 4.78 is 0. The van der Waals surface area contributed by atoms with Crippen LogP contribution in [-0.4, -0.2) is 24.8 Å². The second-order valence-corrected chi connectivity index (χ2v) is 2.49. The molecule has 0 saturated carbocycles. The first kappa shape index (κ1) is 49.5. The van der Waals surface area contributed by atoms with E-state index in [2.05, 4.69) is 105 Å². The number of nitrogens with two attached hydrogens (primary N) is 1. The zero-order valence-corrected chi connectivity index (χ0v) is 16.9. The number of carbonyl (C=O) groups is 2. The molecule has 26 heavy (non-hydrogen) atoms. The third kappa shape index (κ3) is 165. The molecular weight excluding hydrogens is 324 g/mol. The van der Waals surface area contributed by atoms with E-state index in [9.17, 15) is 9.59 Å². The van der Waals surface area contributed by atoms with Crippen LogP contribution in [0.25, 0.3) is 5.32 Å². The lowest BCUT2D eigenvalue weighted by molar-refractivity contribution is -0.120. The fourth-order valence-electron chi connectivity index (χ4n) is 0.619. The average molecular weight is 367 g/mol. The Labute approximate surface area is 165 Å². The number of hydrogen-bond acceptors (Lipinski definition) is 2. The van der Waals surface area contributed by atoms with Crippen molar-refractivity contribution in [2.24, 2.45) is 5.73 Å². The number of carbonyl (C=O) groups excluding carboxylic acids is 2. The van der Waals surface area contributed by atoms with Gasteiger partial charge >= 0.3 is 0 Å². The summed E-state index contributed by atoms with van der Waals surface area (Å²) in [6, 6.07) is -0.575. The largest absolute Gasteiger partial charge is 0.650 e. The van der Waals surface area contributed by atoms with E-state index in [0.717, 1.165) is 6.42 Å². The number of amides is 1. The van der Waals surface area contributed by atoms with Crippen molar-refractivity contribution in [1.82, 2.24) is 0 Å². The second kappa shape index (κ2) is 117. The van der Waals surface area contributed by atoms with E-state index in [-0.39, 0.29) is 6.42 Å². The molecule has 0 aliphatic rings. The summed E-state index contributed by atoms with van der Waals surface area (Å²) in [6.45, 7) is 46.8. The molecule has 2 N–H and O–H groups in total. The highest BCUT2D eigenvalue weighted by molar-refractivity contribution is 5.79. The first-order valence-electron chi connectivity index (χ1n) is 7.40. The summed E-state index contributed by atoms with van der Waals surface area (Å²) in [4.78, 5) is 20.5. The summed E-state index contributed by atoms with van der Waals surface area (Å²) in [7, 11) is 0. The van der Waals surface area contributed by atoms with Crippen LogP contribution in [0.4, 0.5) is 0 Å². The van der Waals surface area contributed by atoms with Gasteiger partial charge in [-0.1, -0.05) is 6.04 Å². The van der Waals surface area contributed by atoms with Crippen molar-refractivity contribution in [2.75, 3.05) is 6.54 Å². The van der Waals surface area contributed by atoms with Gasteiger partial charge in [-0.15, -0.1) is 85.5 Å². The summed E-state index contributed by atoms with van der Waals surface area (Å²) in [6.07, 6.45) is 2.01. The topological polar surface area (TPSA) is 74.3 Å². The minimum Gasteiger partial charge on any atom is -0.650 e. The Kier molecular flexibility index (Phi) is 223. The van der Waals surface area contributed by atoms with Crippen molar-refractivity contribution in [1.29, 1.82) is 0 Å². The minimum atomic E-state index is -0.575. The molecule has 0 aliphatic heterocycles. The van der Waals surface area contributed by atoms with Crippen LogP contribution < -0.4 is 5.73 Å². The summed E-state index contributed by atoms with van der Waals surface area (Å²) >= 11 is 0. The molecule has 1 atom stereocenters. The number of aldehydes is 1. The van der Waals surface area contributed by atoms with Gasteiger partial charge in [-0.05, 0) is 6.42 Å². The Morgan fingerprint density at radius 2 is 1.19 bits per heavy atom. The molecule has 0 fully saturated rings. The van der Waals surface area contributed by atoms with Crippen LogP contribution in [0.15, 0.2) is 78.9 Å². The van der Waals surface area contributed by atoms with Crippen molar-refractivity contribution in [3.05, 3.63) is 105 Å². The predicted octanol–water partition coefficient (Wildman–Crippen LogP) is 5.89. The Morgan fingerprint density at radius 3 is 1.35 bits per heavy atom. The molecule has 4 heteroatoms. The maximum absolute atomic E-state index is 10.3. The molecule has 0 aromatic heterocycles. The fourth-order valence-corrected chi connectivity index (χ4v) is 0.619. The smallest absolute Gasteiger partial charge is 0.216 e. The summed E-state index contributed by atoms with van der Waals surface area (Å²) in [5.74, 6) is -0.505. The third-order valence-corrected chi connectivity index (χ3v) is 1.09. The molecule has 0 rings (SSSR count). The molecule has 1 amide bonds. The van der Waals surface area contributed by atoms with Crippen LogP contribution in [0.1, 0.15) is 19.3 Å². The third-order valence-electron chi connectivity index (χ3n) is 1.09. The molecular formula is C22H42N2O2. The number of primary amides is 1. The highest BCUT2D eigenvalue weighted by Crippen LogP contribution is 2.02. The Hall–Kier alpha value is -2.72. The number of rotatable bonds is 6. The van der Waals surface area contributed by atoms with Crippen molar-refractivity contribution in [2.45, 2.75) is 25.3 Å². The van der Waals surface area contributed by atoms with Gasteiger partial charge in [-0.2, -0.15) is 0 Å². The maximum atomic E-state index is 10.3. The first-order chi connectivity index (χ1) is 12.6. The Bertz CT molecular complexity index is 207. The summed E-state index contributed by atoms with van der Waals surface area (Å²) in [5, 5.41) is 3.87. The molecule has 152 valence electrons. The van der Waals surface area contributed by atoms with Crippen molar-refractivity contribution < 1.29 is 9.59 Å². The highest BCUT2D eigenvalue weighted by Gasteiger charge is 1.99.